The summed E-state index contributed by atoms with van der Waals surface area (Å²) in [7, 11) is -2.79. The number of benzene rings is 10. The maximum atomic E-state index is 6.86. The van der Waals surface area contributed by atoms with Crippen LogP contribution in [0.4, 0.5) is 22.7 Å². The smallest absolute Gasteiger partial charge is 0.179 e. The average molecular weight is 1300 g/mol. The van der Waals surface area contributed by atoms with Crippen LogP contribution in [-0.2, 0) is 37.3 Å². The van der Waals surface area contributed by atoms with E-state index >= 15 is 0 Å². The number of hydrogen-bond acceptors (Lipinski definition) is 4. The standard InChI is InChI=1S/C78H69N4OSi.Pt/c1-76(2,3)57-25-22-26-59(49-57)80-53-81(73-37-20-19-36-72(73)80)60-27-23-28-61(51-60)83-62-40-42-68-69-47-55(54-24-21-35-66(46-54)84(63-29-13-10-14-30-63,64-31-15-11-16-32-64)65-33-17-12-18-34-65)38-43-71(69)82(74(68)52-62)75-48-56(44-45-79-75)67-41-39-58(77(4,5)6)50-70(67)78(7,8)9;/h10-50,53H,1-9H3;/q-3;. The Morgan fingerprint density at radius 3 is 1.68 bits per heavy atom. The SMILES string of the molecule is CC(C)(C)c1cccc(N2[CH-]N(c3[c-]c(Oc4[c-]c5c(cc4)c4cc(-c6cccc([Si](c7ccccc7)(c7ccccc7)c7ccccc7)c6)ccc4n5-c4cc(-c5ccc(C(C)(C)C)cc5C(C)(C)C)ccn4)ccc3)c3ccccc32)c1.[Pt]. The quantitative estimate of drug-likeness (QED) is 0.0734. The molecule has 85 heavy (non-hydrogen) atoms. The first-order valence-electron chi connectivity index (χ1n) is 29.3. The fraction of sp³-hybridized carbons (Fsp3) is 0.154. The topological polar surface area (TPSA) is 33.5 Å². The van der Waals surface area contributed by atoms with Crippen LogP contribution in [0, 0.1) is 18.8 Å². The van der Waals surface area contributed by atoms with Gasteiger partial charge in [-0.3, -0.25) is 0 Å². The second kappa shape index (κ2) is 22.5. The molecule has 424 valence electrons. The fourth-order valence-corrected chi connectivity index (χ4v) is 17.2. The van der Waals surface area contributed by atoms with Crippen molar-refractivity contribution in [3.63, 3.8) is 0 Å². The molecule has 3 heterocycles. The predicted molar refractivity (Wildman–Crippen MR) is 355 cm³/mol. The van der Waals surface area contributed by atoms with E-state index in [2.05, 4.69) is 320 Å². The number of pyridine rings is 1. The van der Waals surface area contributed by atoms with Crippen LogP contribution in [0.25, 0.3) is 49.9 Å². The summed E-state index contributed by atoms with van der Waals surface area (Å²) in [5, 5.41) is 7.49. The molecule has 2 aromatic heterocycles. The van der Waals surface area contributed by atoms with Crippen molar-refractivity contribution in [1.82, 2.24) is 9.55 Å². The zero-order valence-corrected chi connectivity index (χ0v) is 53.0. The molecule has 0 bridgehead atoms. The Hall–Kier alpha value is -8.54. The number of para-hydroxylation sites is 2. The van der Waals surface area contributed by atoms with E-state index in [-0.39, 0.29) is 37.3 Å². The first-order chi connectivity index (χ1) is 40.5. The van der Waals surface area contributed by atoms with Crippen LogP contribution in [0.3, 0.4) is 0 Å². The van der Waals surface area contributed by atoms with E-state index in [1.165, 1.54) is 43.0 Å². The minimum atomic E-state index is -2.79. The number of nitrogens with zero attached hydrogens (tertiary/aromatic N) is 4. The van der Waals surface area contributed by atoms with Gasteiger partial charge in [0.05, 0.1) is 0 Å². The zero-order chi connectivity index (χ0) is 58.0. The first kappa shape index (κ1) is 56.9. The van der Waals surface area contributed by atoms with Gasteiger partial charge in [0.25, 0.3) is 0 Å². The van der Waals surface area contributed by atoms with Gasteiger partial charge >= 0.3 is 0 Å². The van der Waals surface area contributed by atoms with E-state index in [0.29, 0.717) is 11.5 Å². The number of fused-ring (bicyclic) bond motifs is 4. The third kappa shape index (κ3) is 10.7. The zero-order valence-electron chi connectivity index (χ0n) is 49.8. The number of hydrogen-bond donors (Lipinski definition) is 0. The molecule has 10 aromatic carbocycles. The Morgan fingerprint density at radius 2 is 1.02 bits per heavy atom. The van der Waals surface area contributed by atoms with Crippen molar-refractivity contribution < 1.29 is 25.8 Å². The van der Waals surface area contributed by atoms with Gasteiger partial charge in [-0.25, -0.2) is 4.98 Å². The van der Waals surface area contributed by atoms with Crippen LogP contribution in [0.5, 0.6) is 11.5 Å². The first-order valence-corrected chi connectivity index (χ1v) is 31.3. The van der Waals surface area contributed by atoms with Crippen molar-refractivity contribution in [2.24, 2.45) is 0 Å². The summed E-state index contributed by atoms with van der Waals surface area (Å²) < 4.78 is 9.13. The van der Waals surface area contributed by atoms with Gasteiger partial charge < -0.3 is 19.1 Å². The summed E-state index contributed by atoms with van der Waals surface area (Å²) in [6.45, 7) is 22.7. The summed E-state index contributed by atoms with van der Waals surface area (Å²) in [6, 6.07) is 96.1. The van der Waals surface area contributed by atoms with Crippen molar-refractivity contribution in [3.05, 3.63) is 284 Å². The molecule has 0 spiro atoms. The molecule has 0 radical (unpaired) electrons. The number of ether oxygens (including phenoxy) is 1. The minimum Gasteiger partial charge on any atom is -0.509 e. The third-order valence-corrected chi connectivity index (χ3v) is 21.5. The van der Waals surface area contributed by atoms with Crippen molar-refractivity contribution in [2.45, 2.75) is 78.6 Å². The minimum absolute atomic E-state index is 0. The second-order valence-corrected chi connectivity index (χ2v) is 29.2. The van der Waals surface area contributed by atoms with Crippen LogP contribution >= 0.6 is 0 Å². The van der Waals surface area contributed by atoms with Crippen molar-refractivity contribution >= 4 is 73.4 Å². The molecular formula is C78H69N4OPtSi-3. The average Bonchev–Trinajstić information content (AvgIpc) is 2.85. The monoisotopic (exact) mass is 1300 g/mol. The second-order valence-electron chi connectivity index (χ2n) is 25.4. The van der Waals surface area contributed by atoms with Gasteiger partial charge in [0, 0.05) is 61.3 Å². The molecule has 0 fully saturated rings. The van der Waals surface area contributed by atoms with E-state index in [9.17, 15) is 0 Å². The third-order valence-electron chi connectivity index (χ3n) is 16.7. The summed E-state index contributed by atoms with van der Waals surface area (Å²) in [6.07, 6.45) is 1.95. The molecular weight excluding hydrogens is 1230 g/mol. The molecule has 13 rings (SSSR count). The Kier molecular flexibility index (Phi) is 15.0. The molecule has 0 saturated carbocycles. The van der Waals surface area contributed by atoms with Crippen LogP contribution < -0.4 is 35.3 Å². The van der Waals surface area contributed by atoms with Gasteiger partial charge in [-0.2, -0.15) is 12.1 Å². The Bertz CT molecular complexity index is 4300. The Morgan fingerprint density at radius 1 is 0.435 bits per heavy atom. The van der Waals surface area contributed by atoms with E-state index in [4.69, 9.17) is 9.72 Å². The molecule has 0 N–H and O–H groups in total. The van der Waals surface area contributed by atoms with E-state index in [1.54, 1.807) is 0 Å². The molecule has 0 atom stereocenters. The number of aromatic nitrogens is 2. The van der Waals surface area contributed by atoms with Crippen LogP contribution in [0.15, 0.2) is 249 Å². The van der Waals surface area contributed by atoms with Gasteiger partial charge in [0.15, 0.2) is 8.07 Å². The Labute approximate surface area is 517 Å². The summed E-state index contributed by atoms with van der Waals surface area (Å²) >= 11 is 0. The summed E-state index contributed by atoms with van der Waals surface area (Å²) in [5.41, 5.74) is 14.4. The van der Waals surface area contributed by atoms with Gasteiger partial charge in [-0.05, 0) is 124 Å². The fourth-order valence-electron chi connectivity index (χ4n) is 12.4. The van der Waals surface area contributed by atoms with Gasteiger partial charge in [-0.15, -0.1) is 48.1 Å². The van der Waals surface area contributed by atoms with Gasteiger partial charge in [-0.1, -0.05) is 238 Å². The molecule has 1 aliphatic rings. The summed E-state index contributed by atoms with van der Waals surface area (Å²) in [4.78, 5) is 9.64. The van der Waals surface area contributed by atoms with Crippen LogP contribution in [0.2, 0.25) is 0 Å². The van der Waals surface area contributed by atoms with E-state index < -0.39 is 8.07 Å². The number of rotatable bonds is 11. The van der Waals surface area contributed by atoms with Gasteiger partial charge in [0.2, 0.25) is 0 Å². The maximum Gasteiger partial charge on any atom is 0.179 e. The molecule has 1 aliphatic heterocycles. The molecule has 0 unspecified atom stereocenters. The molecule has 0 amide bonds. The van der Waals surface area contributed by atoms with Crippen LogP contribution in [0.1, 0.15) is 79.0 Å². The molecule has 7 heteroatoms. The van der Waals surface area contributed by atoms with Crippen molar-refractivity contribution in [3.8, 4) is 39.6 Å². The largest absolute Gasteiger partial charge is 0.509 e. The van der Waals surface area contributed by atoms with Crippen molar-refractivity contribution in [1.29, 1.82) is 0 Å². The molecule has 12 aromatic rings. The van der Waals surface area contributed by atoms with E-state index in [0.717, 1.165) is 67.1 Å². The normalized spacial score (nSPS) is 12.8. The maximum absolute atomic E-state index is 6.86. The molecule has 5 nitrogen and oxygen atoms in total. The van der Waals surface area contributed by atoms with Crippen molar-refractivity contribution in [2.75, 3.05) is 9.80 Å². The number of anilines is 4. The van der Waals surface area contributed by atoms with Crippen LogP contribution in [-0.4, -0.2) is 17.6 Å². The molecule has 0 aliphatic carbocycles. The molecule has 0 saturated heterocycles. The Balaban J connectivity index is 0.00000709. The van der Waals surface area contributed by atoms with E-state index in [1.807, 2.05) is 24.4 Å². The van der Waals surface area contributed by atoms with Gasteiger partial charge in [0.1, 0.15) is 5.82 Å². The predicted octanol–water partition coefficient (Wildman–Crippen LogP) is 17.6. The summed E-state index contributed by atoms with van der Waals surface area (Å²) in [5.74, 6) is 1.96.